The number of hydrogen-bond acceptors (Lipinski definition) is 9. The number of aliphatic hydroxyl groups is 1. The van der Waals surface area contributed by atoms with Crippen LogP contribution in [0.15, 0.2) is 42.0 Å². The van der Waals surface area contributed by atoms with E-state index in [0.29, 0.717) is 26.1 Å². The van der Waals surface area contributed by atoms with Crippen LogP contribution in [0.5, 0.6) is 0 Å². The molecule has 0 spiro atoms. The molecule has 4 atom stereocenters. The van der Waals surface area contributed by atoms with Gasteiger partial charge in [-0.15, -0.1) is 11.3 Å². The molecule has 2 aromatic rings. The predicted octanol–water partition coefficient (Wildman–Crippen LogP) is 3.23. The number of carbonyl (C=O) groups is 4. The van der Waals surface area contributed by atoms with E-state index in [2.05, 4.69) is 20.9 Å². The van der Waals surface area contributed by atoms with Crippen LogP contribution in [-0.2, 0) is 27.3 Å². The van der Waals surface area contributed by atoms with Gasteiger partial charge in [-0.2, -0.15) is 0 Å². The fourth-order valence-corrected chi connectivity index (χ4v) is 6.08. The average Bonchev–Trinajstić information content (AvgIpc) is 3.51. The highest BCUT2D eigenvalue weighted by Crippen LogP contribution is 2.19. The van der Waals surface area contributed by atoms with Crippen LogP contribution >= 0.6 is 11.3 Å². The second-order valence-corrected chi connectivity index (χ2v) is 16.0. The van der Waals surface area contributed by atoms with Gasteiger partial charge in [-0.1, -0.05) is 44.2 Å². The van der Waals surface area contributed by atoms with E-state index < -0.39 is 53.4 Å². The van der Waals surface area contributed by atoms with E-state index >= 15 is 0 Å². The van der Waals surface area contributed by atoms with Gasteiger partial charge in [0.05, 0.1) is 24.2 Å². The molecule has 0 unspecified atom stereocenters. The van der Waals surface area contributed by atoms with Crippen molar-refractivity contribution in [2.45, 2.75) is 104 Å². The SMILES string of the molecule is CC(C)[C@@H](NC(=O)N(C)Cc1cncs1)C(=O)N[C@@H](Cc1ccccc1)[C@H](O)CN1CCN(C(=O)OC(C)(C)C)C[C@H]1C(=O)NC(C)(C)C. The molecule has 49 heavy (non-hydrogen) atoms. The lowest BCUT2D eigenvalue weighted by Crippen LogP contribution is -2.64. The van der Waals surface area contributed by atoms with E-state index in [1.54, 1.807) is 39.5 Å². The highest BCUT2D eigenvalue weighted by Gasteiger charge is 2.39. The molecular formula is C35H55N7O6S. The van der Waals surface area contributed by atoms with Crippen molar-refractivity contribution in [1.82, 2.24) is 35.6 Å². The van der Waals surface area contributed by atoms with E-state index in [-0.39, 0.29) is 24.9 Å². The summed E-state index contributed by atoms with van der Waals surface area (Å²) in [5.41, 5.74) is 1.38. The molecule has 3 rings (SSSR count). The van der Waals surface area contributed by atoms with Crippen LogP contribution < -0.4 is 16.0 Å². The Morgan fingerprint density at radius 1 is 1.06 bits per heavy atom. The molecule has 13 nitrogen and oxygen atoms in total. The summed E-state index contributed by atoms with van der Waals surface area (Å²) in [6.07, 6.45) is 0.412. The number of piperazine rings is 1. The smallest absolute Gasteiger partial charge is 0.410 e. The number of amides is 5. The molecule has 1 aliphatic rings. The van der Waals surface area contributed by atoms with Gasteiger partial charge >= 0.3 is 12.1 Å². The van der Waals surface area contributed by atoms with Crippen LogP contribution in [0.2, 0.25) is 0 Å². The van der Waals surface area contributed by atoms with Gasteiger partial charge in [-0.3, -0.25) is 19.5 Å². The third kappa shape index (κ3) is 12.9. The molecule has 1 aromatic carbocycles. The minimum absolute atomic E-state index is 0.0540. The van der Waals surface area contributed by atoms with E-state index in [9.17, 15) is 24.3 Å². The summed E-state index contributed by atoms with van der Waals surface area (Å²) in [7, 11) is 1.65. The summed E-state index contributed by atoms with van der Waals surface area (Å²) >= 11 is 1.44. The second-order valence-electron chi connectivity index (χ2n) is 15.0. The molecule has 1 aliphatic heterocycles. The molecule has 0 bridgehead atoms. The molecule has 2 heterocycles. The quantitative estimate of drug-likeness (QED) is 0.263. The van der Waals surface area contributed by atoms with Gasteiger partial charge < -0.3 is 35.6 Å². The molecule has 0 saturated carbocycles. The first-order valence-electron chi connectivity index (χ1n) is 16.8. The summed E-state index contributed by atoms with van der Waals surface area (Å²) in [6.45, 7) is 15.8. The second kappa shape index (κ2) is 17.3. The molecule has 0 radical (unpaired) electrons. The highest BCUT2D eigenvalue weighted by molar-refractivity contribution is 7.09. The molecule has 1 saturated heterocycles. The van der Waals surface area contributed by atoms with Gasteiger partial charge in [-0.05, 0) is 59.4 Å². The average molecular weight is 702 g/mol. The number of benzene rings is 1. The number of urea groups is 1. The maximum Gasteiger partial charge on any atom is 0.410 e. The number of ether oxygens (including phenoxy) is 1. The van der Waals surface area contributed by atoms with E-state index in [0.717, 1.165) is 10.4 Å². The van der Waals surface area contributed by atoms with Gasteiger partial charge in [0.25, 0.3) is 0 Å². The Bertz CT molecular complexity index is 1380. The number of aliphatic hydroxyl groups excluding tert-OH is 1. The van der Waals surface area contributed by atoms with Gasteiger partial charge in [0.15, 0.2) is 0 Å². The van der Waals surface area contributed by atoms with Crippen LogP contribution in [-0.4, -0.2) is 117 Å². The number of thiazole rings is 1. The molecule has 1 fully saturated rings. The van der Waals surface area contributed by atoms with Crippen LogP contribution in [0.1, 0.15) is 65.8 Å². The Labute approximate surface area is 294 Å². The van der Waals surface area contributed by atoms with Gasteiger partial charge in [0.2, 0.25) is 11.8 Å². The van der Waals surface area contributed by atoms with E-state index in [4.69, 9.17) is 4.74 Å². The summed E-state index contributed by atoms with van der Waals surface area (Å²) in [6, 6.07) is 6.71. The third-order valence-electron chi connectivity index (χ3n) is 7.91. The zero-order chi connectivity index (χ0) is 36.5. The number of β-amino-alcohol motifs (C(OH)–C–C–N with tert-alkyl or cyclic N) is 1. The molecule has 0 aliphatic carbocycles. The molecule has 272 valence electrons. The molecule has 14 heteroatoms. The van der Waals surface area contributed by atoms with Gasteiger partial charge in [0.1, 0.15) is 17.7 Å². The lowest BCUT2D eigenvalue weighted by molar-refractivity contribution is -0.132. The fraction of sp³-hybridized carbons (Fsp3) is 0.629. The zero-order valence-electron chi connectivity index (χ0n) is 30.4. The minimum atomic E-state index is -1.10. The van der Waals surface area contributed by atoms with Crippen molar-refractivity contribution >= 4 is 35.3 Å². The Balaban J connectivity index is 1.80. The van der Waals surface area contributed by atoms with Crippen molar-refractivity contribution in [3.8, 4) is 0 Å². The Kier molecular flexibility index (Phi) is 14.0. The largest absolute Gasteiger partial charge is 0.444 e. The molecule has 1 aromatic heterocycles. The van der Waals surface area contributed by atoms with Crippen LogP contribution in [0.3, 0.4) is 0 Å². The summed E-state index contributed by atoms with van der Waals surface area (Å²) in [4.78, 5) is 63.3. The highest BCUT2D eigenvalue weighted by atomic mass is 32.1. The van der Waals surface area contributed by atoms with E-state index in [1.165, 1.54) is 21.1 Å². The van der Waals surface area contributed by atoms with Crippen molar-refractivity contribution in [1.29, 1.82) is 0 Å². The predicted molar refractivity (Wildman–Crippen MR) is 190 cm³/mol. The lowest BCUT2D eigenvalue weighted by atomic mass is 9.97. The Morgan fingerprint density at radius 2 is 1.73 bits per heavy atom. The van der Waals surface area contributed by atoms with Crippen molar-refractivity contribution in [2.75, 3.05) is 33.2 Å². The summed E-state index contributed by atoms with van der Waals surface area (Å²) in [5.74, 6) is -0.949. The van der Waals surface area contributed by atoms with Crippen molar-refractivity contribution in [2.24, 2.45) is 5.92 Å². The van der Waals surface area contributed by atoms with Crippen molar-refractivity contribution in [3.05, 3.63) is 52.5 Å². The van der Waals surface area contributed by atoms with Crippen LogP contribution in [0.25, 0.3) is 0 Å². The Hall–Kier alpha value is -3.75. The van der Waals surface area contributed by atoms with Crippen molar-refractivity contribution in [3.63, 3.8) is 0 Å². The topological polar surface area (TPSA) is 156 Å². The number of nitrogens with one attached hydrogen (secondary N) is 3. The number of rotatable bonds is 12. The van der Waals surface area contributed by atoms with Crippen LogP contribution in [0.4, 0.5) is 9.59 Å². The van der Waals surface area contributed by atoms with Gasteiger partial charge in [-0.25, -0.2) is 9.59 Å². The zero-order valence-corrected chi connectivity index (χ0v) is 31.2. The normalized spacial score (nSPS) is 17.5. The van der Waals surface area contributed by atoms with E-state index in [1.807, 2.05) is 69.9 Å². The molecular weight excluding hydrogens is 646 g/mol. The van der Waals surface area contributed by atoms with Crippen molar-refractivity contribution < 1.29 is 29.0 Å². The Morgan fingerprint density at radius 3 is 2.31 bits per heavy atom. The summed E-state index contributed by atoms with van der Waals surface area (Å²) in [5, 5.41) is 20.7. The maximum atomic E-state index is 13.8. The number of carbonyl (C=O) groups excluding carboxylic acids is 4. The van der Waals surface area contributed by atoms with Crippen LogP contribution in [0, 0.1) is 5.92 Å². The number of nitrogens with zero attached hydrogens (tertiary/aromatic N) is 4. The van der Waals surface area contributed by atoms with Gasteiger partial charge in [0, 0.05) is 49.8 Å². The first kappa shape index (κ1) is 39.7. The molecule has 5 amide bonds. The third-order valence-corrected chi connectivity index (χ3v) is 8.67. The monoisotopic (exact) mass is 701 g/mol. The first-order chi connectivity index (χ1) is 22.8. The number of hydrogen-bond donors (Lipinski definition) is 4. The minimum Gasteiger partial charge on any atom is -0.444 e. The first-order valence-corrected chi connectivity index (χ1v) is 17.7. The lowest BCUT2D eigenvalue weighted by Gasteiger charge is -2.43. The fourth-order valence-electron chi connectivity index (χ4n) is 5.43. The molecule has 4 N–H and O–H groups in total. The number of aromatic nitrogens is 1. The standard InChI is InChI=1S/C35H55N7O6S/c1-23(2)29(38-32(46)40(9)19-25-18-36-22-49-25)31(45)37-26(17-24-13-11-10-12-14-24)28(43)21-41-15-16-42(33(47)48-35(6,7)8)20-27(41)30(44)39-34(3,4)5/h10-14,18,22-23,26-29,43H,15-17,19-21H2,1-9H3,(H,37,45)(H,38,46)(H,39,44)/t26-,27-,28+,29+/m0/s1. The maximum absolute atomic E-state index is 13.8. The summed E-state index contributed by atoms with van der Waals surface area (Å²) < 4.78 is 5.59.